The van der Waals surface area contributed by atoms with Crippen molar-refractivity contribution in [2.24, 2.45) is 0 Å². The SMILES string of the molecule is CCC(C)c1ccc(NC(=O)C(C)Sc2nncs2)cc1. The standard InChI is InChI=1S/C15H19N3OS2/c1-4-10(2)12-5-7-13(8-6-12)17-14(19)11(3)21-15-18-16-9-20-15/h5-11H,4H2,1-3H3,(H,17,19). The number of thioether (sulfide) groups is 1. The quantitative estimate of drug-likeness (QED) is 0.811. The molecule has 0 spiro atoms. The highest BCUT2D eigenvalue weighted by Gasteiger charge is 2.16. The molecule has 0 radical (unpaired) electrons. The fourth-order valence-corrected chi connectivity index (χ4v) is 3.42. The molecule has 2 unspecified atom stereocenters. The van der Waals surface area contributed by atoms with Crippen molar-refractivity contribution in [1.29, 1.82) is 0 Å². The minimum absolute atomic E-state index is 0.0218. The van der Waals surface area contributed by atoms with Crippen LogP contribution in [0.2, 0.25) is 0 Å². The highest BCUT2D eigenvalue weighted by Crippen LogP contribution is 2.25. The van der Waals surface area contributed by atoms with Crippen LogP contribution in [-0.2, 0) is 4.79 Å². The largest absolute Gasteiger partial charge is 0.325 e. The predicted molar refractivity (Wildman–Crippen MR) is 89.0 cm³/mol. The number of hydrogen-bond donors (Lipinski definition) is 1. The van der Waals surface area contributed by atoms with Gasteiger partial charge in [-0.3, -0.25) is 4.79 Å². The summed E-state index contributed by atoms with van der Waals surface area (Å²) in [5.74, 6) is 0.521. The summed E-state index contributed by atoms with van der Waals surface area (Å²) in [6.45, 7) is 6.25. The number of nitrogens with one attached hydrogen (secondary N) is 1. The Morgan fingerprint density at radius 1 is 1.33 bits per heavy atom. The molecule has 1 aromatic heterocycles. The lowest BCUT2D eigenvalue weighted by molar-refractivity contribution is -0.115. The Morgan fingerprint density at radius 2 is 2.05 bits per heavy atom. The summed E-state index contributed by atoms with van der Waals surface area (Å²) in [7, 11) is 0. The van der Waals surface area contributed by atoms with E-state index in [0.29, 0.717) is 5.92 Å². The van der Waals surface area contributed by atoms with Crippen LogP contribution in [-0.4, -0.2) is 21.4 Å². The minimum Gasteiger partial charge on any atom is -0.325 e. The van der Waals surface area contributed by atoms with Crippen LogP contribution in [0.3, 0.4) is 0 Å². The second-order valence-electron chi connectivity index (χ2n) is 4.89. The van der Waals surface area contributed by atoms with Gasteiger partial charge in [-0.25, -0.2) is 0 Å². The van der Waals surface area contributed by atoms with Gasteiger partial charge in [0.2, 0.25) is 5.91 Å². The Kier molecular flexibility index (Phi) is 5.76. The van der Waals surface area contributed by atoms with Crippen LogP contribution >= 0.6 is 23.1 Å². The van der Waals surface area contributed by atoms with Gasteiger partial charge in [-0.2, -0.15) is 0 Å². The van der Waals surface area contributed by atoms with Crippen LogP contribution < -0.4 is 5.32 Å². The molecule has 1 N–H and O–H groups in total. The molecule has 1 amide bonds. The van der Waals surface area contributed by atoms with Crippen LogP contribution in [0.4, 0.5) is 5.69 Å². The van der Waals surface area contributed by atoms with Crippen LogP contribution in [0.15, 0.2) is 34.1 Å². The molecular formula is C15H19N3OS2. The third kappa shape index (κ3) is 4.54. The van der Waals surface area contributed by atoms with Gasteiger partial charge < -0.3 is 5.32 Å². The van der Waals surface area contributed by atoms with Crippen molar-refractivity contribution >= 4 is 34.7 Å². The first-order valence-electron chi connectivity index (χ1n) is 6.93. The number of anilines is 1. The third-order valence-corrected chi connectivity index (χ3v) is 5.26. The van der Waals surface area contributed by atoms with E-state index in [1.807, 2.05) is 19.1 Å². The Hall–Kier alpha value is -1.40. The monoisotopic (exact) mass is 321 g/mol. The maximum atomic E-state index is 12.1. The summed E-state index contributed by atoms with van der Waals surface area (Å²) in [6.07, 6.45) is 1.11. The fraction of sp³-hybridized carbons (Fsp3) is 0.400. The molecule has 0 bridgehead atoms. The summed E-state index contributed by atoms with van der Waals surface area (Å²) < 4.78 is 0.810. The van der Waals surface area contributed by atoms with E-state index in [1.165, 1.54) is 28.7 Å². The number of carbonyl (C=O) groups is 1. The van der Waals surface area contributed by atoms with Crippen molar-refractivity contribution in [3.8, 4) is 0 Å². The molecule has 21 heavy (non-hydrogen) atoms. The number of hydrogen-bond acceptors (Lipinski definition) is 5. The Balaban J connectivity index is 1.92. The molecule has 0 aliphatic carbocycles. The Bertz CT molecular complexity index is 569. The maximum absolute atomic E-state index is 12.1. The average molecular weight is 321 g/mol. The predicted octanol–water partition coefficient (Wildman–Crippen LogP) is 4.17. The fourth-order valence-electron chi connectivity index (χ4n) is 1.79. The number of carbonyl (C=O) groups excluding carboxylic acids is 1. The summed E-state index contributed by atoms with van der Waals surface area (Å²) in [5.41, 5.74) is 3.80. The Labute approximate surface area is 133 Å². The van der Waals surface area contributed by atoms with Gasteiger partial charge in [0.1, 0.15) is 5.51 Å². The molecular weight excluding hydrogens is 302 g/mol. The van der Waals surface area contributed by atoms with Crippen molar-refractivity contribution in [2.45, 2.75) is 42.7 Å². The van der Waals surface area contributed by atoms with E-state index in [9.17, 15) is 4.79 Å². The molecule has 112 valence electrons. The molecule has 2 aromatic rings. The molecule has 0 aliphatic rings. The summed E-state index contributed by atoms with van der Waals surface area (Å²) in [4.78, 5) is 12.1. The number of benzene rings is 1. The summed E-state index contributed by atoms with van der Waals surface area (Å²) >= 11 is 2.87. The number of nitrogens with zero attached hydrogens (tertiary/aromatic N) is 2. The number of amides is 1. The van der Waals surface area contributed by atoms with Gasteiger partial charge in [0.15, 0.2) is 4.34 Å². The zero-order valence-corrected chi connectivity index (χ0v) is 14.0. The zero-order valence-electron chi connectivity index (χ0n) is 12.4. The van der Waals surface area contributed by atoms with Crippen molar-refractivity contribution in [3.63, 3.8) is 0 Å². The van der Waals surface area contributed by atoms with Gasteiger partial charge >= 0.3 is 0 Å². The van der Waals surface area contributed by atoms with E-state index in [0.717, 1.165) is 16.4 Å². The van der Waals surface area contributed by atoms with Crippen LogP contribution in [0.1, 0.15) is 38.7 Å². The van der Waals surface area contributed by atoms with Gasteiger partial charge in [-0.15, -0.1) is 10.2 Å². The van der Waals surface area contributed by atoms with E-state index in [-0.39, 0.29) is 11.2 Å². The first-order valence-corrected chi connectivity index (χ1v) is 8.69. The lowest BCUT2D eigenvalue weighted by Gasteiger charge is -2.12. The Morgan fingerprint density at radius 3 is 2.62 bits per heavy atom. The third-order valence-electron chi connectivity index (χ3n) is 3.35. The molecule has 0 saturated heterocycles. The van der Waals surface area contributed by atoms with E-state index < -0.39 is 0 Å². The second kappa shape index (κ2) is 7.56. The van der Waals surface area contributed by atoms with E-state index in [2.05, 4.69) is 41.5 Å². The topological polar surface area (TPSA) is 54.9 Å². The van der Waals surface area contributed by atoms with Crippen molar-refractivity contribution in [1.82, 2.24) is 10.2 Å². The second-order valence-corrected chi connectivity index (χ2v) is 7.31. The molecule has 0 saturated carbocycles. The normalized spacial score (nSPS) is 13.7. The van der Waals surface area contributed by atoms with Crippen molar-refractivity contribution in [2.75, 3.05) is 5.32 Å². The van der Waals surface area contributed by atoms with E-state index in [1.54, 1.807) is 5.51 Å². The average Bonchev–Trinajstić information content (AvgIpc) is 3.00. The smallest absolute Gasteiger partial charge is 0.237 e. The summed E-state index contributed by atoms with van der Waals surface area (Å²) in [5, 5.41) is 10.4. The first kappa shape index (κ1) is 16.0. The lowest BCUT2D eigenvalue weighted by atomic mass is 9.99. The lowest BCUT2D eigenvalue weighted by Crippen LogP contribution is -2.22. The minimum atomic E-state index is -0.202. The van der Waals surface area contributed by atoms with Gasteiger partial charge in [0, 0.05) is 5.69 Å². The van der Waals surface area contributed by atoms with E-state index >= 15 is 0 Å². The van der Waals surface area contributed by atoms with Crippen molar-refractivity contribution in [3.05, 3.63) is 35.3 Å². The maximum Gasteiger partial charge on any atom is 0.237 e. The van der Waals surface area contributed by atoms with Gasteiger partial charge in [-0.1, -0.05) is 49.1 Å². The molecule has 1 aromatic carbocycles. The molecule has 2 rings (SSSR count). The number of rotatable bonds is 6. The molecule has 0 aliphatic heterocycles. The van der Waals surface area contributed by atoms with Gasteiger partial charge in [-0.05, 0) is 37.0 Å². The number of aromatic nitrogens is 2. The highest BCUT2D eigenvalue weighted by molar-refractivity contribution is 8.02. The first-order chi connectivity index (χ1) is 10.1. The van der Waals surface area contributed by atoms with Crippen LogP contribution in [0, 0.1) is 0 Å². The van der Waals surface area contributed by atoms with Gasteiger partial charge in [0.05, 0.1) is 5.25 Å². The van der Waals surface area contributed by atoms with Crippen LogP contribution in [0.5, 0.6) is 0 Å². The summed E-state index contributed by atoms with van der Waals surface area (Å²) in [6, 6.07) is 8.07. The molecule has 2 atom stereocenters. The van der Waals surface area contributed by atoms with Crippen LogP contribution in [0.25, 0.3) is 0 Å². The van der Waals surface area contributed by atoms with Gasteiger partial charge in [0.25, 0.3) is 0 Å². The molecule has 6 heteroatoms. The molecule has 4 nitrogen and oxygen atoms in total. The molecule has 0 fully saturated rings. The molecule has 1 heterocycles. The van der Waals surface area contributed by atoms with E-state index in [4.69, 9.17) is 0 Å². The zero-order chi connectivity index (χ0) is 15.2. The highest BCUT2D eigenvalue weighted by atomic mass is 32.2. The van der Waals surface area contributed by atoms with Crippen molar-refractivity contribution < 1.29 is 4.79 Å².